The molecule has 0 saturated heterocycles. The van der Waals surface area contributed by atoms with Gasteiger partial charge >= 0.3 is 5.97 Å². The van der Waals surface area contributed by atoms with Crippen LogP contribution in [0.25, 0.3) is 0 Å². The van der Waals surface area contributed by atoms with E-state index in [1.807, 2.05) is 0 Å². The van der Waals surface area contributed by atoms with Crippen molar-refractivity contribution in [2.24, 2.45) is 5.41 Å². The third-order valence-electron chi connectivity index (χ3n) is 3.33. The first-order valence-corrected chi connectivity index (χ1v) is 5.42. The Hall–Kier alpha value is -0.570. The monoisotopic (exact) mass is 199 g/mol. The van der Waals surface area contributed by atoms with Crippen molar-refractivity contribution in [3.05, 3.63) is 0 Å². The maximum absolute atomic E-state index is 10.7. The highest BCUT2D eigenvalue weighted by molar-refractivity contribution is 5.72. The Morgan fingerprint density at radius 2 is 2.14 bits per heavy atom. The van der Waals surface area contributed by atoms with Crippen LogP contribution in [0.15, 0.2) is 0 Å². The molecule has 0 aromatic carbocycles. The maximum Gasteiger partial charge on any atom is 0.320 e. The van der Waals surface area contributed by atoms with Crippen LogP contribution in [0.4, 0.5) is 0 Å². The molecular weight excluding hydrogens is 178 g/mol. The minimum absolute atomic E-state index is 0.238. The molecule has 14 heavy (non-hydrogen) atoms. The number of rotatable bonds is 3. The Morgan fingerprint density at radius 1 is 1.50 bits per heavy atom. The molecule has 1 unspecified atom stereocenters. The van der Waals surface area contributed by atoms with E-state index >= 15 is 0 Å². The van der Waals surface area contributed by atoms with Crippen LogP contribution < -0.4 is 5.32 Å². The molecule has 3 nitrogen and oxygen atoms in total. The Morgan fingerprint density at radius 3 is 2.64 bits per heavy atom. The van der Waals surface area contributed by atoms with E-state index in [1.165, 1.54) is 19.3 Å². The quantitative estimate of drug-likeness (QED) is 0.731. The van der Waals surface area contributed by atoms with Gasteiger partial charge < -0.3 is 10.4 Å². The molecule has 0 radical (unpaired) electrons. The van der Waals surface area contributed by atoms with Crippen molar-refractivity contribution in [2.45, 2.75) is 58.5 Å². The van der Waals surface area contributed by atoms with Gasteiger partial charge in [-0.05, 0) is 25.2 Å². The fraction of sp³-hybridized carbons (Fsp3) is 0.909. The number of nitrogens with one attached hydrogen (secondary N) is 1. The van der Waals surface area contributed by atoms with E-state index in [1.54, 1.807) is 6.92 Å². The molecular formula is C11H21NO2. The summed E-state index contributed by atoms with van der Waals surface area (Å²) in [5.41, 5.74) is 0.238. The highest BCUT2D eigenvalue weighted by atomic mass is 16.4. The molecule has 2 N–H and O–H groups in total. The summed E-state index contributed by atoms with van der Waals surface area (Å²) in [7, 11) is 0. The number of carboxylic acid groups (broad SMARTS) is 1. The topological polar surface area (TPSA) is 49.3 Å². The third kappa shape index (κ3) is 2.71. The van der Waals surface area contributed by atoms with Crippen LogP contribution in [0.1, 0.15) is 46.5 Å². The summed E-state index contributed by atoms with van der Waals surface area (Å²) in [4.78, 5) is 10.7. The van der Waals surface area contributed by atoms with Gasteiger partial charge in [-0.2, -0.15) is 0 Å². The van der Waals surface area contributed by atoms with Gasteiger partial charge in [0.2, 0.25) is 0 Å². The Bertz CT molecular complexity index is 213. The molecule has 1 aliphatic carbocycles. The second-order valence-electron chi connectivity index (χ2n) is 5.01. The van der Waals surface area contributed by atoms with E-state index in [0.29, 0.717) is 6.04 Å². The van der Waals surface area contributed by atoms with Crippen molar-refractivity contribution in [3.63, 3.8) is 0 Å². The molecule has 0 amide bonds. The van der Waals surface area contributed by atoms with Crippen molar-refractivity contribution in [2.75, 3.05) is 0 Å². The van der Waals surface area contributed by atoms with Crippen LogP contribution in [0.5, 0.6) is 0 Å². The molecule has 82 valence electrons. The van der Waals surface area contributed by atoms with Gasteiger partial charge in [0.1, 0.15) is 6.04 Å². The first-order valence-electron chi connectivity index (χ1n) is 5.42. The number of hydrogen-bond donors (Lipinski definition) is 2. The fourth-order valence-electron chi connectivity index (χ4n) is 2.18. The van der Waals surface area contributed by atoms with E-state index in [9.17, 15) is 4.79 Å². The molecule has 0 spiro atoms. The number of carbonyl (C=O) groups is 1. The highest BCUT2D eigenvalue weighted by Gasteiger charge is 2.33. The zero-order chi connectivity index (χ0) is 10.8. The van der Waals surface area contributed by atoms with Gasteiger partial charge in [0.25, 0.3) is 0 Å². The van der Waals surface area contributed by atoms with Crippen molar-refractivity contribution in [3.8, 4) is 0 Å². The molecule has 3 heteroatoms. The summed E-state index contributed by atoms with van der Waals surface area (Å²) in [6.07, 6.45) is 4.78. The molecule has 1 saturated carbocycles. The third-order valence-corrected chi connectivity index (χ3v) is 3.33. The van der Waals surface area contributed by atoms with Crippen LogP contribution in [-0.2, 0) is 4.79 Å². The van der Waals surface area contributed by atoms with E-state index in [-0.39, 0.29) is 5.41 Å². The second kappa shape index (κ2) is 4.30. The molecule has 0 aromatic rings. The van der Waals surface area contributed by atoms with E-state index in [2.05, 4.69) is 19.2 Å². The smallest absolute Gasteiger partial charge is 0.320 e. The predicted molar refractivity (Wildman–Crippen MR) is 56.3 cm³/mol. The molecule has 1 rings (SSSR count). The fourth-order valence-corrected chi connectivity index (χ4v) is 2.18. The lowest BCUT2D eigenvalue weighted by Gasteiger charge is -2.40. The molecule has 2 atom stereocenters. The molecule has 1 fully saturated rings. The van der Waals surface area contributed by atoms with Gasteiger partial charge in [-0.15, -0.1) is 0 Å². The minimum atomic E-state index is -0.758. The minimum Gasteiger partial charge on any atom is -0.480 e. The van der Waals surface area contributed by atoms with Crippen molar-refractivity contribution < 1.29 is 9.90 Å². The normalized spacial score (nSPS) is 28.4. The van der Waals surface area contributed by atoms with Crippen LogP contribution in [-0.4, -0.2) is 23.2 Å². The first-order chi connectivity index (χ1) is 6.43. The standard InChI is InChI=1S/C11H21NO2/c1-8(10(13)14)12-9-6-4-5-7-11(9,2)3/h8-9,12H,4-7H2,1-3H3,(H,13,14)/t8-,9?/m1/s1. The first kappa shape index (κ1) is 11.5. The number of carboxylic acids is 1. The largest absolute Gasteiger partial charge is 0.480 e. The van der Waals surface area contributed by atoms with Gasteiger partial charge in [0, 0.05) is 6.04 Å². The second-order valence-corrected chi connectivity index (χ2v) is 5.01. The number of hydrogen-bond acceptors (Lipinski definition) is 2. The molecule has 0 aliphatic heterocycles. The molecule has 0 aromatic heterocycles. The average molecular weight is 199 g/mol. The maximum atomic E-state index is 10.7. The van der Waals surface area contributed by atoms with Crippen LogP contribution >= 0.6 is 0 Å². The summed E-state index contributed by atoms with van der Waals surface area (Å²) in [6.45, 7) is 6.16. The SMILES string of the molecule is C[C@@H](NC1CCCCC1(C)C)C(=O)O. The summed E-state index contributed by atoms with van der Waals surface area (Å²) in [5.74, 6) is -0.758. The lowest BCUT2D eigenvalue weighted by molar-refractivity contribution is -0.139. The number of aliphatic carboxylic acids is 1. The molecule has 0 heterocycles. The zero-order valence-electron chi connectivity index (χ0n) is 9.34. The highest BCUT2D eigenvalue weighted by Crippen LogP contribution is 2.35. The predicted octanol–water partition coefficient (Wildman–Crippen LogP) is 2.02. The van der Waals surface area contributed by atoms with E-state index in [0.717, 1.165) is 6.42 Å². The van der Waals surface area contributed by atoms with Crippen LogP contribution in [0.3, 0.4) is 0 Å². The van der Waals surface area contributed by atoms with Crippen molar-refractivity contribution in [1.82, 2.24) is 5.32 Å². The summed E-state index contributed by atoms with van der Waals surface area (Å²) in [6, 6.07) is -0.0836. The Kier molecular flexibility index (Phi) is 3.53. The van der Waals surface area contributed by atoms with Crippen LogP contribution in [0.2, 0.25) is 0 Å². The molecule has 0 bridgehead atoms. The van der Waals surface area contributed by atoms with Gasteiger partial charge in [-0.25, -0.2) is 0 Å². The lowest BCUT2D eigenvalue weighted by Crippen LogP contribution is -2.50. The van der Waals surface area contributed by atoms with Crippen molar-refractivity contribution in [1.29, 1.82) is 0 Å². The van der Waals surface area contributed by atoms with Gasteiger partial charge in [0.05, 0.1) is 0 Å². The average Bonchev–Trinajstić information content (AvgIpc) is 2.08. The van der Waals surface area contributed by atoms with Gasteiger partial charge in [0.15, 0.2) is 0 Å². The van der Waals surface area contributed by atoms with Gasteiger partial charge in [-0.1, -0.05) is 26.7 Å². The Labute approximate surface area is 85.9 Å². The van der Waals surface area contributed by atoms with Gasteiger partial charge in [-0.3, -0.25) is 4.79 Å². The van der Waals surface area contributed by atoms with Crippen LogP contribution in [0, 0.1) is 5.41 Å². The summed E-state index contributed by atoms with van der Waals surface area (Å²) in [5, 5.41) is 12.0. The molecule has 1 aliphatic rings. The zero-order valence-corrected chi connectivity index (χ0v) is 9.34. The lowest BCUT2D eigenvalue weighted by atomic mass is 9.73. The summed E-state index contributed by atoms with van der Waals surface area (Å²) < 4.78 is 0. The van der Waals surface area contributed by atoms with E-state index < -0.39 is 12.0 Å². The summed E-state index contributed by atoms with van der Waals surface area (Å²) >= 11 is 0. The van der Waals surface area contributed by atoms with Crippen molar-refractivity contribution >= 4 is 5.97 Å². The van der Waals surface area contributed by atoms with E-state index in [4.69, 9.17) is 5.11 Å². The Balaban J connectivity index is 2.53.